The molecule has 2 aliphatic rings. The molecular weight excluding hydrogens is 530 g/mol. The fourth-order valence-corrected chi connectivity index (χ4v) is 4.51. The minimum absolute atomic E-state index is 0. The first kappa shape index (κ1) is 34.6. The summed E-state index contributed by atoms with van der Waals surface area (Å²) in [4.78, 5) is 30.4. The van der Waals surface area contributed by atoms with Gasteiger partial charge in [0, 0.05) is 18.3 Å². The second kappa shape index (κ2) is 13.3. The van der Waals surface area contributed by atoms with E-state index in [1.807, 2.05) is 6.92 Å². The zero-order valence-electron chi connectivity index (χ0n) is 21.0. The zero-order valence-corrected chi connectivity index (χ0v) is 21.0. The highest BCUT2D eigenvalue weighted by Crippen LogP contribution is 2.45. The molecule has 0 spiro atoms. The second-order valence-electron chi connectivity index (χ2n) is 9.05. The van der Waals surface area contributed by atoms with Crippen LogP contribution in [0.4, 0.5) is 20.4 Å². The Kier molecular flexibility index (Phi) is 11.5. The SMILES string of the molecule is C.C.C=C[C@]1(CC)O[C@@H](n2ccc(N)nc2=O)[C@H](F)[C@@H]1C.C=C[C@]1(CO)O[C@@H](n2ccc(N)nc2=O)[C@H](F)[C@@H]1O. The average Bonchev–Trinajstić information content (AvgIpc) is 3.30. The molecule has 4 rings (SSSR count). The largest absolute Gasteiger partial charge is 0.393 e. The lowest BCUT2D eigenvalue weighted by atomic mass is 9.85. The van der Waals surface area contributed by atoms with Crippen molar-refractivity contribution in [3.8, 4) is 0 Å². The first-order valence-corrected chi connectivity index (χ1v) is 11.8. The molecule has 0 amide bonds. The van der Waals surface area contributed by atoms with Crippen LogP contribution < -0.4 is 22.8 Å². The van der Waals surface area contributed by atoms with Crippen molar-refractivity contribution < 1.29 is 28.5 Å². The average molecular weight is 571 g/mol. The van der Waals surface area contributed by atoms with Crippen molar-refractivity contribution in [2.45, 2.75) is 77.2 Å². The molecular formula is C26H40F2N6O6. The molecule has 2 saturated heterocycles. The Bertz CT molecular complexity index is 1190. The summed E-state index contributed by atoms with van der Waals surface area (Å²) in [6.07, 6.45) is -1.31. The number of aliphatic hydroxyl groups is 2. The molecule has 0 saturated carbocycles. The van der Waals surface area contributed by atoms with Crippen molar-refractivity contribution in [1.82, 2.24) is 19.1 Å². The monoisotopic (exact) mass is 570 g/mol. The van der Waals surface area contributed by atoms with E-state index in [0.29, 0.717) is 6.42 Å². The first-order valence-electron chi connectivity index (χ1n) is 11.8. The van der Waals surface area contributed by atoms with Crippen LogP contribution in [0.15, 0.2) is 59.4 Å². The van der Waals surface area contributed by atoms with Crippen LogP contribution in [0.25, 0.3) is 0 Å². The molecule has 2 aliphatic heterocycles. The van der Waals surface area contributed by atoms with Crippen LogP contribution >= 0.6 is 0 Å². The van der Waals surface area contributed by atoms with E-state index in [1.54, 1.807) is 13.0 Å². The van der Waals surface area contributed by atoms with Crippen molar-refractivity contribution in [2.24, 2.45) is 5.92 Å². The Morgan fingerprint density at radius 3 is 1.73 bits per heavy atom. The number of nitrogens with zero attached hydrogens (tertiary/aromatic N) is 4. The van der Waals surface area contributed by atoms with Gasteiger partial charge in [-0.3, -0.25) is 9.13 Å². The number of hydrogen-bond acceptors (Lipinski definition) is 10. The van der Waals surface area contributed by atoms with E-state index in [4.69, 9.17) is 20.9 Å². The quantitative estimate of drug-likeness (QED) is 0.375. The number of alkyl halides is 2. The fraction of sp³-hybridized carbons (Fsp3) is 0.538. The summed E-state index contributed by atoms with van der Waals surface area (Å²) >= 11 is 0. The topological polar surface area (TPSA) is 181 Å². The van der Waals surface area contributed by atoms with Gasteiger partial charge >= 0.3 is 11.4 Å². The first-order chi connectivity index (χ1) is 17.9. The molecule has 0 bridgehead atoms. The highest BCUT2D eigenvalue weighted by molar-refractivity contribution is 5.24. The Hall–Kier alpha value is -3.46. The van der Waals surface area contributed by atoms with Crippen molar-refractivity contribution in [3.05, 3.63) is 70.8 Å². The third kappa shape index (κ3) is 5.99. The molecule has 4 heterocycles. The molecule has 40 heavy (non-hydrogen) atoms. The van der Waals surface area contributed by atoms with Crippen molar-refractivity contribution in [3.63, 3.8) is 0 Å². The zero-order chi connectivity index (χ0) is 28.4. The maximum atomic E-state index is 14.4. The molecule has 6 N–H and O–H groups in total. The molecule has 14 heteroatoms. The van der Waals surface area contributed by atoms with Gasteiger partial charge in [-0.05, 0) is 18.6 Å². The number of ether oxygens (including phenoxy) is 2. The van der Waals surface area contributed by atoms with Gasteiger partial charge in [-0.25, -0.2) is 18.4 Å². The van der Waals surface area contributed by atoms with E-state index in [9.17, 15) is 28.6 Å². The van der Waals surface area contributed by atoms with Crippen LogP contribution in [0.1, 0.15) is 47.6 Å². The number of aromatic nitrogens is 4. The fourth-order valence-electron chi connectivity index (χ4n) is 4.51. The van der Waals surface area contributed by atoms with Crippen molar-refractivity contribution >= 4 is 11.6 Å². The predicted octanol–water partition coefficient (Wildman–Crippen LogP) is 1.91. The Morgan fingerprint density at radius 2 is 1.40 bits per heavy atom. The highest BCUT2D eigenvalue weighted by atomic mass is 19.1. The van der Waals surface area contributed by atoms with Crippen LogP contribution in [-0.2, 0) is 9.47 Å². The smallest absolute Gasteiger partial charge is 0.351 e. The van der Waals surface area contributed by atoms with E-state index in [2.05, 4.69) is 23.1 Å². The van der Waals surface area contributed by atoms with Crippen molar-refractivity contribution in [2.75, 3.05) is 18.1 Å². The molecule has 2 aromatic rings. The maximum Gasteiger partial charge on any atom is 0.351 e. The number of nitrogen functional groups attached to an aromatic ring is 2. The van der Waals surface area contributed by atoms with Gasteiger partial charge in [0.1, 0.15) is 23.3 Å². The van der Waals surface area contributed by atoms with E-state index < -0.39 is 60.1 Å². The summed E-state index contributed by atoms with van der Waals surface area (Å²) in [6.45, 7) is 10.1. The van der Waals surface area contributed by atoms with Crippen molar-refractivity contribution in [1.29, 1.82) is 0 Å². The van der Waals surface area contributed by atoms with E-state index >= 15 is 0 Å². The summed E-state index contributed by atoms with van der Waals surface area (Å²) in [7, 11) is 0. The summed E-state index contributed by atoms with van der Waals surface area (Å²) in [5.41, 5.74) is 6.92. The van der Waals surface area contributed by atoms with Crippen LogP contribution in [0.5, 0.6) is 0 Å². The lowest BCUT2D eigenvalue weighted by Crippen LogP contribution is -2.43. The molecule has 12 nitrogen and oxygen atoms in total. The molecule has 224 valence electrons. The summed E-state index contributed by atoms with van der Waals surface area (Å²) in [6, 6.07) is 2.75. The van der Waals surface area contributed by atoms with Gasteiger partial charge in [-0.1, -0.05) is 40.9 Å². The number of nitrogens with two attached hydrogens (primary N) is 2. The predicted molar refractivity (Wildman–Crippen MR) is 148 cm³/mol. The minimum atomic E-state index is -1.91. The van der Waals surface area contributed by atoms with Gasteiger partial charge < -0.3 is 31.2 Å². The molecule has 0 radical (unpaired) electrons. The van der Waals surface area contributed by atoms with Gasteiger partial charge in [-0.15, -0.1) is 13.2 Å². The molecule has 0 aromatic carbocycles. The van der Waals surface area contributed by atoms with Crippen LogP contribution in [-0.4, -0.2) is 65.6 Å². The lowest BCUT2D eigenvalue weighted by Gasteiger charge is -2.27. The Balaban J connectivity index is 0.000000381. The van der Waals surface area contributed by atoms with Gasteiger partial charge in [0.25, 0.3) is 0 Å². The van der Waals surface area contributed by atoms with Gasteiger partial charge in [0.15, 0.2) is 24.8 Å². The second-order valence-corrected chi connectivity index (χ2v) is 9.05. The van der Waals surface area contributed by atoms with Gasteiger partial charge in [0.05, 0.1) is 12.2 Å². The molecule has 2 fully saturated rings. The normalized spacial score (nSPS) is 32.6. The van der Waals surface area contributed by atoms with Crippen LogP contribution in [0, 0.1) is 5.92 Å². The molecule has 0 unspecified atom stereocenters. The third-order valence-corrected chi connectivity index (χ3v) is 7.02. The summed E-state index contributed by atoms with van der Waals surface area (Å²) in [5, 5.41) is 19.0. The van der Waals surface area contributed by atoms with Gasteiger partial charge in [0.2, 0.25) is 0 Å². The van der Waals surface area contributed by atoms with E-state index in [-0.39, 0.29) is 32.4 Å². The standard InChI is InChI=1S/C13H18FN3O2.C11H14FN3O4.2CH4/c1-4-13(5-2)8(3)10(14)11(19-13)17-7-6-9(15)16-12(17)18;1-2-11(5-16)8(17)7(12)9(19-11)15-4-3-6(13)14-10(15)18;;/h4,6-8,10-11H,1,5H2,2-3H3,(H2,15,16,18);2-4,7-9,16-17H,1,5H2,(H2,13,14,18);2*1H4/t8-,10+,11+,13+;7-,8+,9-,11-;;/m01../s1. The number of anilines is 2. The maximum absolute atomic E-state index is 14.4. The molecule has 8 atom stereocenters. The summed E-state index contributed by atoms with van der Waals surface area (Å²) < 4.78 is 41.5. The van der Waals surface area contributed by atoms with Crippen LogP contribution in [0.2, 0.25) is 0 Å². The van der Waals surface area contributed by atoms with Gasteiger partial charge in [-0.2, -0.15) is 9.97 Å². The Labute approximate surface area is 231 Å². The number of aliphatic hydroxyl groups excluding tert-OH is 2. The number of halogens is 2. The third-order valence-electron chi connectivity index (χ3n) is 7.02. The molecule has 2 aromatic heterocycles. The Morgan fingerprint density at radius 1 is 0.975 bits per heavy atom. The number of rotatable bonds is 6. The minimum Gasteiger partial charge on any atom is -0.393 e. The van der Waals surface area contributed by atoms with E-state index in [0.717, 1.165) is 15.2 Å². The van der Waals surface area contributed by atoms with Crippen LogP contribution in [0.3, 0.4) is 0 Å². The van der Waals surface area contributed by atoms with E-state index in [1.165, 1.54) is 24.5 Å². The molecule has 0 aliphatic carbocycles. The lowest BCUT2D eigenvalue weighted by molar-refractivity contribution is -0.0982. The highest BCUT2D eigenvalue weighted by Gasteiger charge is 2.54. The number of hydrogen-bond donors (Lipinski definition) is 4. The summed E-state index contributed by atoms with van der Waals surface area (Å²) in [5.74, 6) is -0.287.